The third-order valence-corrected chi connectivity index (χ3v) is 7.50. The first kappa shape index (κ1) is 16.9. The Morgan fingerprint density at radius 2 is 2.14 bits per heavy atom. The first-order valence-corrected chi connectivity index (χ1v) is 9.71. The lowest BCUT2D eigenvalue weighted by molar-refractivity contribution is 0.270. The number of sulfonamides is 1. The first-order valence-electron chi connectivity index (χ1n) is 7.39. The third-order valence-electron chi connectivity index (χ3n) is 4.06. The highest BCUT2D eigenvalue weighted by Crippen LogP contribution is 2.31. The number of thiophene rings is 1. The number of rotatable bonds is 4. The molecule has 0 spiro atoms. The summed E-state index contributed by atoms with van der Waals surface area (Å²) in [4.78, 5) is 3.42. The van der Waals surface area contributed by atoms with Gasteiger partial charge in [0.2, 0.25) is 10.0 Å². The number of aryl methyl sites for hydroxylation is 1. The summed E-state index contributed by atoms with van der Waals surface area (Å²) < 4.78 is 28.0. The molecule has 0 aromatic carbocycles. The zero-order valence-electron chi connectivity index (χ0n) is 13.0. The van der Waals surface area contributed by atoms with Crippen LogP contribution in [0.15, 0.2) is 10.3 Å². The summed E-state index contributed by atoms with van der Waals surface area (Å²) in [5.41, 5.74) is 6.54. The molecule has 2 heterocycles. The fraction of sp³-hybridized carbons (Fsp3) is 0.714. The average Bonchev–Trinajstić information content (AvgIpc) is 2.71. The van der Waals surface area contributed by atoms with E-state index in [9.17, 15) is 8.42 Å². The highest BCUT2D eigenvalue weighted by atomic mass is 32.2. The maximum absolute atomic E-state index is 13.1. The number of likely N-dealkylation sites (N-methyl/N-ethyl adjacent to an activating group) is 1. The minimum Gasteiger partial charge on any atom is -0.326 e. The third kappa shape index (κ3) is 3.32. The second kappa shape index (κ2) is 6.75. The molecule has 0 aliphatic carbocycles. The molecule has 0 bridgehead atoms. The fourth-order valence-corrected chi connectivity index (χ4v) is 6.35. The molecule has 1 unspecified atom stereocenters. The Labute approximate surface area is 131 Å². The molecule has 120 valence electrons. The van der Waals surface area contributed by atoms with Gasteiger partial charge in [-0.15, -0.1) is 11.3 Å². The van der Waals surface area contributed by atoms with E-state index in [-0.39, 0.29) is 12.6 Å². The van der Waals surface area contributed by atoms with Gasteiger partial charge in [0.25, 0.3) is 0 Å². The Morgan fingerprint density at radius 1 is 1.43 bits per heavy atom. The van der Waals surface area contributed by atoms with Crippen LogP contribution in [-0.2, 0) is 16.6 Å². The van der Waals surface area contributed by atoms with Crippen LogP contribution in [0.4, 0.5) is 0 Å². The predicted molar refractivity (Wildman–Crippen MR) is 87.0 cm³/mol. The van der Waals surface area contributed by atoms with Gasteiger partial charge in [0.05, 0.1) is 0 Å². The molecule has 1 fully saturated rings. The zero-order chi connectivity index (χ0) is 15.6. The summed E-state index contributed by atoms with van der Waals surface area (Å²) in [6.07, 6.45) is 1.69. The van der Waals surface area contributed by atoms with Gasteiger partial charge < -0.3 is 10.6 Å². The van der Waals surface area contributed by atoms with Crippen molar-refractivity contribution in [3.8, 4) is 0 Å². The Hall–Kier alpha value is -0.470. The molecule has 1 saturated heterocycles. The van der Waals surface area contributed by atoms with Gasteiger partial charge in [0, 0.05) is 30.6 Å². The second-order valence-corrected chi connectivity index (χ2v) is 8.46. The summed E-state index contributed by atoms with van der Waals surface area (Å²) in [5.74, 6) is 0. The van der Waals surface area contributed by atoms with Crippen molar-refractivity contribution in [2.75, 3.05) is 26.7 Å². The van der Waals surface area contributed by atoms with Crippen molar-refractivity contribution in [2.24, 2.45) is 5.73 Å². The molecule has 1 aromatic heterocycles. The molecule has 0 radical (unpaired) electrons. The van der Waals surface area contributed by atoms with Gasteiger partial charge in [-0.05, 0) is 44.3 Å². The molecular formula is C14H25N3O2S2. The predicted octanol–water partition coefficient (Wildman–Crippen LogP) is 1.62. The van der Waals surface area contributed by atoms with Crippen LogP contribution >= 0.6 is 11.3 Å². The summed E-state index contributed by atoms with van der Waals surface area (Å²) >= 11 is 1.44. The summed E-state index contributed by atoms with van der Waals surface area (Å²) in [7, 11) is -1.41. The molecule has 21 heavy (non-hydrogen) atoms. The second-order valence-electron chi connectivity index (χ2n) is 5.67. The minimum absolute atomic E-state index is 0.0347. The van der Waals surface area contributed by atoms with Crippen molar-refractivity contribution in [3.63, 3.8) is 0 Å². The normalized spacial score (nSPS) is 22.4. The zero-order valence-corrected chi connectivity index (χ0v) is 14.6. The Kier molecular flexibility index (Phi) is 5.43. The van der Waals surface area contributed by atoms with E-state index in [2.05, 4.69) is 18.9 Å². The van der Waals surface area contributed by atoms with Gasteiger partial charge in [0.1, 0.15) is 4.90 Å². The van der Waals surface area contributed by atoms with Crippen molar-refractivity contribution in [2.45, 2.75) is 44.2 Å². The molecule has 2 N–H and O–H groups in total. The lowest BCUT2D eigenvalue weighted by Crippen LogP contribution is -2.43. The number of hydrogen-bond acceptors (Lipinski definition) is 5. The summed E-state index contributed by atoms with van der Waals surface area (Å²) in [5, 5.41) is 1.89. The first-order chi connectivity index (χ1) is 9.91. The molecule has 7 heteroatoms. The maximum Gasteiger partial charge on any atom is 0.244 e. The maximum atomic E-state index is 13.1. The Morgan fingerprint density at radius 3 is 2.76 bits per heavy atom. The lowest BCUT2D eigenvalue weighted by Gasteiger charge is -2.29. The molecule has 2 rings (SSSR count). The van der Waals surface area contributed by atoms with Crippen molar-refractivity contribution < 1.29 is 8.42 Å². The lowest BCUT2D eigenvalue weighted by atomic mass is 10.2. The molecule has 1 aliphatic heterocycles. The van der Waals surface area contributed by atoms with E-state index < -0.39 is 10.0 Å². The topological polar surface area (TPSA) is 66.6 Å². The van der Waals surface area contributed by atoms with Gasteiger partial charge in [-0.3, -0.25) is 0 Å². The molecule has 0 amide bonds. The van der Waals surface area contributed by atoms with Crippen LogP contribution in [0.3, 0.4) is 0 Å². The van der Waals surface area contributed by atoms with Gasteiger partial charge in [-0.2, -0.15) is 4.31 Å². The fourth-order valence-electron chi connectivity index (χ4n) is 2.96. The van der Waals surface area contributed by atoms with E-state index in [0.29, 0.717) is 11.4 Å². The summed E-state index contributed by atoms with van der Waals surface area (Å²) in [6, 6.07) is 0.0347. The molecule has 1 aliphatic rings. The van der Waals surface area contributed by atoms with Crippen molar-refractivity contribution in [1.82, 2.24) is 9.21 Å². The van der Waals surface area contributed by atoms with Crippen LogP contribution in [0.5, 0.6) is 0 Å². The van der Waals surface area contributed by atoms with Gasteiger partial charge >= 0.3 is 0 Å². The molecule has 5 nitrogen and oxygen atoms in total. The highest BCUT2D eigenvalue weighted by molar-refractivity contribution is 7.89. The van der Waals surface area contributed by atoms with E-state index in [1.165, 1.54) is 11.3 Å². The molecule has 1 atom stereocenters. The van der Waals surface area contributed by atoms with Gasteiger partial charge in [-0.1, -0.05) is 6.92 Å². The van der Waals surface area contributed by atoms with Crippen LogP contribution in [-0.4, -0.2) is 50.3 Å². The van der Waals surface area contributed by atoms with Crippen molar-refractivity contribution in [3.05, 3.63) is 15.8 Å². The molecular weight excluding hydrogens is 306 g/mol. The van der Waals surface area contributed by atoms with E-state index in [4.69, 9.17) is 5.73 Å². The number of nitrogens with zero attached hydrogens (tertiary/aromatic N) is 2. The standard InChI is InChI=1S/C14H25N3O2S2/c1-4-12-9-16(3)6-5-7-17(12)21(18,19)14-11(2)10-20-13(14)8-15/h10,12H,4-9,15H2,1-3H3. The smallest absolute Gasteiger partial charge is 0.244 e. The van der Waals surface area contributed by atoms with Gasteiger partial charge in [0.15, 0.2) is 0 Å². The van der Waals surface area contributed by atoms with E-state index >= 15 is 0 Å². The van der Waals surface area contributed by atoms with Crippen molar-refractivity contribution in [1.29, 1.82) is 0 Å². The minimum atomic E-state index is -3.46. The molecule has 0 saturated carbocycles. The average molecular weight is 332 g/mol. The molecule has 1 aromatic rings. The Bertz CT molecular complexity index is 583. The number of nitrogens with two attached hydrogens (primary N) is 1. The van der Waals surface area contributed by atoms with Crippen LogP contribution in [0.2, 0.25) is 0 Å². The van der Waals surface area contributed by atoms with E-state index in [1.54, 1.807) is 4.31 Å². The summed E-state index contributed by atoms with van der Waals surface area (Å²) in [6.45, 7) is 6.50. The van der Waals surface area contributed by atoms with Crippen LogP contribution in [0, 0.1) is 6.92 Å². The number of hydrogen-bond donors (Lipinski definition) is 1. The van der Waals surface area contributed by atoms with Crippen molar-refractivity contribution >= 4 is 21.4 Å². The largest absolute Gasteiger partial charge is 0.326 e. The SMILES string of the molecule is CCC1CN(C)CCCN1S(=O)(=O)c1c(C)csc1CN. The van der Waals surface area contributed by atoms with Gasteiger partial charge in [-0.25, -0.2) is 8.42 Å². The van der Waals surface area contributed by atoms with Crippen LogP contribution in [0.1, 0.15) is 30.2 Å². The quantitative estimate of drug-likeness (QED) is 0.910. The van der Waals surface area contributed by atoms with E-state index in [1.807, 2.05) is 12.3 Å². The Balaban J connectivity index is 2.43. The monoisotopic (exact) mass is 331 g/mol. The van der Waals surface area contributed by atoms with Crippen LogP contribution in [0.25, 0.3) is 0 Å². The van der Waals surface area contributed by atoms with E-state index in [0.717, 1.165) is 36.4 Å². The highest BCUT2D eigenvalue weighted by Gasteiger charge is 2.35. The van der Waals surface area contributed by atoms with Crippen LogP contribution < -0.4 is 5.73 Å².